The van der Waals surface area contributed by atoms with Crippen molar-refractivity contribution in [2.24, 2.45) is 5.92 Å². The summed E-state index contributed by atoms with van der Waals surface area (Å²) >= 11 is 3.29. The van der Waals surface area contributed by atoms with Crippen molar-refractivity contribution in [1.82, 2.24) is 4.57 Å². The Labute approximate surface area is 152 Å². The van der Waals surface area contributed by atoms with Crippen molar-refractivity contribution in [3.8, 4) is 11.5 Å². The molecule has 0 N–H and O–H groups in total. The number of nitrogens with zero attached hydrogens (tertiary/aromatic N) is 1. The molecule has 2 aliphatic rings. The van der Waals surface area contributed by atoms with Gasteiger partial charge in [-0.1, -0.05) is 12.8 Å². The van der Waals surface area contributed by atoms with E-state index in [-0.39, 0.29) is 22.6 Å². The fraction of sp³-hybridized carbons (Fsp3) is 0.500. The van der Waals surface area contributed by atoms with E-state index in [4.69, 9.17) is 14.2 Å². The molecule has 134 valence electrons. The Hall–Kier alpha value is -1.60. The second-order valence-electron chi connectivity index (χ2n) is 6.54. The third kappa shape index (κ3) is 2.93. The van der Waals surface area contributed by atoms with E-state index in [1.807, 2.05) is 0 Å². The van der Waals surface area contributed by atoms with Gasteiger partial charge < -0.3 is 18.8 Å². The molecular weight excluding hydrogens is 393 g/mol. The first-order valence-electron chi connectivity index (χ1n) is 8.43. The van der Waals surface area contributed by atoms with Crippen LogP contribution in [0.4, 0.5) is 4.39 Å². The highest BCUT2D eigenvalue weighted by Gasteiger charge is 2.28. The molecule has 7 heteroatoms. The molecule has 1 aliphatic carbocycles. The van der Waals surface area contributed by atoms with Gasteiger partial charge in [0.1, 0.15) is 5.75 Å². The lowest BCUT2D eigenvalue weighted by Crippen LogP contribution is -2.21. The van der Waals surface area contributed by atoms with Gasteiger partial charge in [0.25, 0.3) is 5.56 Å². The van der Waals surface area contributed by atoms with Gasteiger partial charge in [-0.25, -0.2) is 4.39 Å². The number of aromatic nitrogens is 1. The molecule has 1 aliphatic heterocycles. The van der Waals surface area contributed by atoms with Crippen LogP contribution in [-0.4, -0.2) is 25.1 Å². The minimum atomic E-state index is -0.451. The average molecular weight is 412 g/mol. The summed E-state index contributed by atoms with van der Waals surface area (Å²) in [5, 5.41) is 0.380. The lowest BCUT2D eigenvalue weighted by atomic mass is 10.1. The van der Waals surface area contributed by atoms with E-state index in [9.17, 15) is 9.18 Å². The minimum Gasteiger partial charge on any atom is -0.488 e. The van der Waals surface area contributed by atoms with Crippen molar-refractivity contribution < 1.29 is 18.6 Å². The Kier molecular flexibility index (Phi) is 4.45. The summed E-state index contributed by atoms with van der Waals surface area (Å²) in [4.78, 5) is 12.7. The summed E-state index contributed by atoms with van der Waals surface area (Å²) in [6, 6.07) is 1.52. The summed E-state index contributed by atoms with van der Waals surface area (Å²) in [5.74, 6) is 0.890. The first kappa shape index (κ1) is 16.8. The maximum Gasteiger partial charge on any atom is 0.293 e. The molecule has 25 heavy (non-hydrogen) atoms. The van der Waals surface area contributed by atoms with Gasteiger partial charge >= 0.3 is 0 Å². The van der Waals surface area contributed by atoms with Crippen molar-refractivity contribution in [2.75, 3.05) is 20.5 Å². The molecule has 0 amide bonds. The first-order chi connectivity index (χ1) is 12.1. The standard InChI is InChI=1S/C18H19BrFNO4/c1-23-9-25-17-11-4-6-21-16(11)12(15(20)14(17)19)8-13(18(21)22)24-7-5-10-2-3-10/h8,10H,2-7,9H2,1H3. The van der Waals surface area contributed by atoms with Crippen LogP contribution < -0.4 is 15.0 Å². The Bertz CT molecular complexity index is 891. The number of halogens is 2. The van der Waals surface area contributed by atoms with Gasteiger partial charge in [0, 0.05) is 24.6 Å². The predicted molar refractivity (Wildman–Crippen MR) is 94.9 cm³/mol. The summed E-state index contributed by atoms with van der Waals surface area (Å²) in [6.45, 7) is 1.00. The second-order valence-corrected chi connectivity index (χ2v) is 7.34. The molecule has 0 saturated heterocycles. The van der Waals surface area contributed by atoms with Crippen molar-refractivity contribution in [2.45, 2.75) is 32.2 Å². The number of hydrogen-bond donors (Lipinski definition) is 0. The fourth-order valence-electron chi connectivity index (χ4n) is 3.37. The van der Waals surface area contributed by atoms with Crippen LogP contribution in [0.25, 0.3) is 10.9 Å². The predicted octanol–water partition coefficient (Wildman–Crippen LogP) is 3.62. The van der Waals surface area contributed by atoms with Gasteiger partial charge in [0.15, 0.2) is 18.4 Å². The Morgan fingerprint density at radius 2 is 2.16 bits per heavy atom. The number of aryl methyl sites for hydroxylation is 2. The van der Waals surface area contributed by atoms with Crippen LogP contribution in [0.2, 0.25) is 0 Å². The van der Waals surface area contributed by atoms with Gasteiger partial charge in [0.2, 0.25) is 0 Å². The maximum absolute atomic E-state index is 14.9. The molecule has 1 saturated carbocycles. The zero-order valence-corrected chi connectivity index (χ0v) is 15.5. The highest BCUT2D eigenvalue weighted by Crippen LogP contribution is 2.42. The van der Waals surface area contributed by atoms with Gasteiger partial charge in [-0.3, -0.25) is 4.79 Å². The molecule has 4 rings (SSSR count). The zero-order valence-electron chi connectivity index (χ0n) is 13.9. The van der Waals surface area contributed by atoms with Crippen LogP contribution in [0.3, 0.4) is 0 Å². The molecule has 0 radical (unpaired) electrons. The monoisotopic (exact) mass is 411 g/mol. The van der Waals surface area contributed by atoms with Gasteiger partial charge in [-0.05, 0) is 40.8 Å². The number of benzene rings is 1. The highest BCUT2D eigenvalue weighted by molar-refractivity contribution is 9.10. The molecular formula is C18H19BrFNO4. The van der Waals surface area contributed by atoms with E-state index in [1.54, 1.807) is 4.57 Å². The average Bonchev–Trinajstić information content (AvgIpc) is 3.32. The number of rotatable bonds is 7. The van der Waals surface area contributed by atoms with Crippen LogP contribution in [0.5, 0.6) is 11.5 Å². The van der Waals surface area contributed by atoms with Crippen LogP contribution >= 0.6 is 15.9 Å². The molecule has 1 aromatic carbocycles. The zero-order chi connectivity index (χ0) is 17.6. The molecule has 0 unspecified atom stereocenters. The fourth-order valence-corrected chi connectivity index (χ4v) is 3.94. The van der Waals surface area contributed by atoms with Crippen LogP contribution in [0.15, 0.2) is 15.3 Å². The van der Waals surface area contributed by atoms with Crippen molar-refractivity contribution in [3.63, 3.8) is 0 Å². The van der Waals surface area contributed by atoms with E-state index < -0.39 is 5.82 Å². The Balaban J connectivity index is 1.79. The molecule has 2 heterocycles. The normalized spacial score (nSPS) is 15.8. The molecule has 2 aromatic rings. The maximum atomic E-state index is 14.9. The van der Waals surface area contributed by atoms with Crippen LogP contribution in [0, 0.1) is 11.7 Å². The van der Waals surface area contributed by atoms with Crippen molar-refractivity contribution in [3.05, 3.63) is 32.3 Å². The lowest BCUT2D eigenvalue weighted by molar-refractivity contribution is 0.0498. The number of ether oxygens (including phenoxy) is 3. The third-order valence-electron chi connectivity index (χ3n) is 4.83. The largest absolute Gasteiger partial charge is 0.488 e. The number of pyridine rings is 1. The summed E-state index contributed by atoms with van der Waals surface area (Å²) < 4.78 is 32.9. The molecule has 5 nitrogen and oxygen atoms in total. The number of hydrogen-bond acceptors (Lipinski definition) is 4. The Morgan fingerprint density at radius 1 is 1.36 bits per heavy atom. The number of methoxy groups -OCH3 is 1. The molecule has 0 bridgehead atoms. The molecule has 0 spiro atoms. The topological polar surface area (TPSA) is 49.7 Å². The van der Waals surface area contributed by atoms with Crippen LogP contribution in [-0.2, 0) is 17.7 Å². The van der Waals surface area contributed by atoms with Gasteiger partial charge in [-0.15, -0.1) is 0 Å². The van der Waals surface area contributed by atoms with E-state index >= 15 is 0 Å². The van der Waals surface area contributed by atoms with E-state index in [0.717, 1.165) is 17.9 Å². The van der Waals surface area contributed by atoms with E-state index in [2.05, 4.69) is 15.9 Å². The quantitative estimate of drug-likeness (QED) is 0.652. The van der Waals surface area contributed by atoms with Gasteiger partial charge in [-0.2, -0.15) is 0 Å². The lowest BCUT2D eigenvalue weighted by Gasteiger charge is -2.15. The molecule has 0 atom stereocenters. The van der Waals surface area contributed by atoms with E-state index in [0.29, 0.717) is 36.2 Å². The van der Waals surface area contributed by atoms with Crippen molar-refractivity contribution in [1.29, 1.82) is 0 Å². The Morgan fingerprint density at radius 3 is 2.88 bits per heavy atom. The second kappa shape index (κ2) is 6.61. The highest BCUT2D eigenvalue weighted by atomic mass is 79.9. The summed E-state index contributed by atoms with van der Waals surface area (Å²) in [6.07, 6.45) is 4.02. The van der Waals surface area contributed by atoms with Gasteiger partial charge in [0.05, 0.1) is 16.6 Å². The minimum absolute atomic E-state index is 0.0170. The first-order valence-corrected chi connectivity index (χ1v) is 9.23. The summed E-state index contributed by atoms with van der Waals surface area (Å²) in [7, 11) is 1.51. The van der Waals surface area contributed by atoms with E-state index in [1.165, 1.54) is 26.0 Å². The smallest absolute Gasteiger partial charge is 0.293 e. The third-order valence-corrected chi connectivity index (χ3v) is 5.54. The SMILES string of the molecule is COCOc1c(Br)c(F)c2cc(OCCC3CC3)c(=O)n3c2c1CC3. The summed E-state index contributed by atoms with van der Waals surface area (Å²) in [5.41, 5.74) is 1.20. The molecule has 1 fully saturated rings. The van der Waals surface area contributed by atoms with Crippen LogP contribution in [0.1, 0.15) is 24.8 Å². The molecule has 1 aromatic heterocycles. The van der Waals surface area contributed by atoms with Crippen molar-refractivity contribution >= 4 is 26.8 Å².